The Morgan fingerprint density at radius 2 is 0.833 bits per heavy atom. The molecular formula is C24H56. The Balaban J connectivity index is -0.000000111. The molecule has 0 nitrogen and oxygen atoms in total. The lowest BCUT2D eigenvalue weighted by Gasteiger charge is -2.05. The first-order valence-corrected chi connectivity index (χ1v) is 11.1. The molecule has 0 rings (SSSR count). The van der Waals surface area contributed by atoms with Crippen molar-refractivity contribution in [1.29, 1.82) is 0 Å². The fraction of sp³-hybridized carbons (Fsp3) is 1.00. The van der Waals surface area contributed by atoms with E-state index in [0.717, 1.165) is 23.7 Å². The zero-order valence-corrected chi connectivity index (χ0v) is 20.0. The van der Waals surface area contributed by atoms with E-state index < -0.39 is 0 Å². The first-order chi connectivity index (χ1) is 11.1. The summed E-state index contributed by atoms with van der Waals surface area (Å²) in [5.41, 5.74) is 0. The van der Waals surface area contributed by atoms with Crippen LogP contribution in [0, 0.1) is 23.7 Å². The van der Waals surface area contributed by atoms with Crippen LogP contribution in [0.25, 0.3) is 0 Å². The van der Waals surface area contributed by atoms with E-state index in [1.807, 2.05) is 0 Å². The first-order valence-electron chi connectivity index (χ1n) is 11.1. The molecule has 0 spiro atoms. The molecule has 0 aromatic rings. The molecule has 0 aliphatic carbocycles. The number of unbranched alkanes of at least 4 members (excludes halogenated alkanes) is 3. The molecule has 0 aliphatic heterocycles. The van der Waals surface area contributed by atoms with Gasteiger partial charge < -0.3 is 0 Å². The fourth-order valence-electron chi connectivity index (χ4n) is 1.37. The minimum atomic E-state index is 0.852. The SMILES string of the molecule is CC(C)C(C)C.CCC(C)CC.CCCC(C)C.CCCCCC. The summed E-state index contributed by atoms with van der Waals surface area (Å²) in [6.45, 7) is 26.9. The smallest absolute Gasteiger partial charge is 0.0448 e. The zero-order chi connectivity index (χ0) is 20.0. The van der Waals surface area contributed by atoms with E-state index in [1.54, 1.807) is 0 Å². The molecule has 0 fully saturated rings. The topological polar surface area (TPSA) is 0 Å². The van der Waals surface area contributed by atoms with Crippen molar-refractivity contribution in [1.82, 2.24) is 0 Å². The molecule has 0 atom stereocenters. The van der Waals surface area contributed by atoms with Crippen molar-refractivity contribution in [3.8, 4) is 0 Å². The van der Waals surface area contributed by atoms with Crippen molar-refractivity contribution in [2.75, 3.05) is 0 Å². The Morgan fingerprint density at radius 1 is 0.500 bits per heavy atom. The van der Waals surface area contributed by atoms with E-state index in [1.165, 1.54) is 51.4 Å². The fourth-order valence-corrected chi connectivity index (χ4v) is 1.37. The Hall–Kier alpha value is 0. The van der Waals surface area contributed by atoms with Gasteiger partial charge in [-0.05, 0) is 23.7 Å². The van der Waals surface area contributed by atoms with Crippen LogP contribution in [0.2, 0.25) is 0 Å². The molecule has 0 amide bonds. The highest BCUT2D eigenvalue weighted by molar-refractivity contribution is 4.46. The van der Waals surface area contributed by atoms with Crippen molar-refractivity contribution in [2.45, 2.75) is 134 Å². The van der Waals surface area contributed by atoms with Gasteiger partial charge in [0.2, 0.25) is 0 Å². The third-order valence-corrected chi connectivity index (χ3v) is 4.55. The molecule has 0 N–H and O–H groups in total. The van der Waals surface area contributed by atoms with Gasteiger partial charge in [-0.15, -0.1) is 0 Å². The number of rotatable bonds is 8. The number of hydrogen-bond donors (Lipinski definition) is 0. The van der Waals surface area contributed by atoms with E-state index in [9.17, 15) is 0 Å². The molecular weight excluding hydrogens is 288 g/mol. The summed E-state index contributed by atoms with van der Waals surface area (Å²) in [5.74, 6) is 3.54. The van der Waals surface area contributed by atoms with Gasteiger partial charge in [-0.1, -0.05) is 134 Å². The van der Waals surface area contributed by atoms with Crippen LogP contribution >= 0.6 is 0 Å². The lowest BCUT2D eigenvalue weighted by atomic mass is 10.0. The second-order valence-electron chi connectivity index (χ2n) is 8.30. The van der Waals surface area contributed by atoms with E-state index in [4.69, 9.17) is 0 Å². The Kier molecular flexibility index (Phi) is 36.8. The van der Waals surface area contributed by atoms with Gasteiger partial charge in [0.25, 0.3) is 0 Å². The average Bonchev–Trinajstić information content (AvgIpc) is 2.53. The largest absolute Gasteiger partial charge is 0.0654 e. The molecule has 0 aliphatic rings. The van der Waals surface area contributed by atoms with Crippen LogP contribution in [0.1, 0.15) is 134 Å². The Labute approximate surface area is 158 Å². The van der Waals surface area contributed by atoms with E-state index >= 15 is 0 Å². The van der Waals surface area contributed by atoms with Crippen LogP contribution in [0.5, 0.6) is 0 Å². The van der Waals surface area contributed by atoms with Gasteiger partial charge in [0.15, 0.2) is 0 Å². The van der Waals surface area contributed by atoms with Crippen LogP contribution in [0.4, 0.5) is 0 Å². The van der Waals surface area contributed by atoms with Crippen molar-refractivity contribution in [3.63, 3.8) is 0 Å². The van der Waals surface area contributed by atoms with Crippen molar-refractivity contribution >= 4 is 0 Å². The normalized spacial score (nSPS) is 10.0. The predicted octanol–water partition coefficient (Wildman–Crippen LogP) is 9.77. The van der Waals surface area contributed by atoms with E-state index in [0.29, 0.717) is 0 Å². The minimum absolute atomic E-state index is 0.852. The summed E-state index contributed by atoms with van der Waals surface area (Å²) in [6, 6.07) is 0. The van der Waals surface area contributed by atoms with Gasteiger partial charge in [0.1, 0.15) is 0 Å². The quantitative estimate of drug-likeness (QED) is 0.384. The third kappa shape index (κ3) is 49.5. The summed E-state index contributed by atoms with van der Waals surface area (Å²) >= 11 is 0. The Morgan fingerprint density at radius 3 is 0.875 bits per heavy atom. The van der Waals surface area contributed by atoms with Crippen LogP contribution in [-0.2, 0) is 0 Å². The average molecular weight is 345 g/mol. The maximum absolute atomic E-state index is 2.28. The van der Waals surface area contributed by atoms with Crippen LogP contribution in [0.15, 0.2) is 0 Å². The van der Waals surface area contributed by atoms with Gasteiger partial charge in [-0.25, -0.2) is 0 Å². The Bertz CT molecular complexity index is 153. The van der Waals surface area contributed by atoms with Crippen LogP contribution in [-0.4, -0.2) is 0 Å². The van der Waals surface area contributed by atoms with Gasteiger partial charge in [0.05, 0.1) is 0 Å². The molecule has 0 heteroatoms. The van der Waals surface area contributed by atoms with Crippen LogP contribution < -0.4 is 0 Å². The molecule has 24 heavy (non-hydrogen) atoms. The van der Waals surface area contributed by atoms with Gasteiger partial charge in [-0.3, -0.25) is 0 Å². The maximum atomic E-state index is 2.28. The van der Waals surface area contributed by atoms with E-state index in [2.05, 4.69) is 83.1 Å². The maximum Gasteiger partial charge on any atom is -0.0448 e. The molecule has 0 saturated carbocycles. The highest BCUT2D eigenvalue weighted by atomic mass is 14.0. The monoisotopic (exact) mass is 344 g/mol. The molecule has 0 bridgehead atoms. The second-order valence-corrected chi connectivity index (χ2v) is 8.30. The molecule has 0 aromatic carbocycles. The lowest BCUT2D eigenvalue weighted by Crippen LogP contribution is -1.95. The van der Waals surface area contributed by atoms with Gasteiger partial charge in [-0.2, -0.15) is 0 Å². The summed E-state index contributed by atoms with van der Waals surface area (Å²) in [7, 11) is 0. The second kappa shape index (κ2) is 27.8. The lowest BCUT2D eigenvalue weighted by molar-refractivity contribution is 0.457. The predicted molar refractivity (Wildman–Crippen MR) is 119 cm³/mol. The highest BCUT2D eigenvalue weighted by Crippen LogP contribution is 2.05. The summed E-state index contributed by atoms with van der Waals surface area (Å²) in [4.78, 5) is 0. The van der Waals surface area contributed by atoms with E-state index in [-0.39, 0.29) is 0 Å². The van der Waals surface area contributed by atoms with Gasteiger partial charge in [0, 0.05) is 0 Å². The standard InChI is InChI=1S/4C6H14/c1-5(2)6(3)4;1-4-5-6(2)3;1-4-6(3)5-2;1-3-5-6-4-2/h5-6H,1-4H3;2*6H,4-5H2,1-3H3;3-6H2,1-2H3. The van der Waals surface area contributed by atoms with Crippen molar-refractivity contribution in [3.05, 3.63) is 0 Å². The molecule has 152 valence electrons. The summed E-state index contributed by atoms with van der Waals surface area (Å²) < 4.78 is 0. The van der Waals surface area contributed by atoms with Crippen molar-refractivity contribution in [2.24, 2.45) is 23.7 Å². The first kappa shape index (κ1) is 31.7. The minimum Gasteiger partial charge on any atom is -0.0654 e. The summed E-state index contributed by atoms with van der Waals surface area (Å²) in [5, 5.41) is 0. The highest BCUT2D eigenvalue weighted by Gasteiger charge is 1.95. The molecule has 0 saturated heterocycles. The summed E-state index contributed by atoms with van der Waals surface area (Å²) in [6.07, 6.45) is 10.9. The molecule has 0 radical (unpaired) electrons. The molecule has 0 heterocycles. The van der Waals surface area contributed by atoms with Crippen LogP contribution in [0.3, 0.4) is 0 Å². The van der Waals surface area contributed by atoms with Gasteiger partial charge >= 0.3 is 0 Å². The zero-order valence-electron chi connectivity index (χ0n) is 20.0. The number of hydrogen-bond acceptors (Lipinski definition) is 0. The van der Waals surface area contributed by atoms with Crippen molar-refractivity contribution < 1.29 is 0 Å². The molecule has 0 unspecified atom stereocenters. The molecule has 0 aromatic heterocycles. The third-order valence-electron chi connectivity index (χ3n) is 4.55.